The minimum atomic E-state index is -3.58. The third-order valence-corrected chi connectivity index (χ3v) is 8.50. The molecule has 1 amide bonds. The van der Waals surface area contributed by atoms with E-state index in [2.05, 4.69) is 5.32 Å². The predicted octanol–water partition coefficient (Wildman–Crippen LogP) is 0.973. The molecule has 0 unspecified atom stereocenters. The Morgan fingerprint density at radius 2 is 1.66 bits per heavy atom. The topological polar surface area (TPSA) is 122 Å². The number of amides is 1. The SMILES string of the molecule is Cc1ccc(CN(CC(=O)NCCOc2ccc(S(=O)(=O)N3CCOCC3)cc2)S(C)(=O)=O)cc1. The second kappa shape index (κ2) is 12.0. The largest absolute Gasteiger partial charge is 0.492 e. The zero-order valence-electron chi connectivity index (χ0n) is 19.8. The first-order valence-corrected chi connectivity index (χ1v) is 14.4. The number of benzene rings is 2. The van der Waals surface area contributed by atoms with Crippen LogP contribution in [0.4, 0.5) is 0 Å². The van der Waals surface area contributed by atoms with Crippen LogP contribution in [0, 0.1) is 6.92 Å². The van der Waals surface area contributed by atoms with Crippen molar-refractivity contribution in [3.63, 3.8) is 0 Å². The van der Waals surface area contributed by atoms with Crippen LogP contribution >= 0.6 is 0 Å². The van der Waals surface area contributed by atoms with Crippen LogP contribution in [0.15, 0.2) is 53.4 Å². The van der Waals surface area contributed by atoms with Gasteiger partial charge in [-0.25, -0.2) is 16.8 Å². The van der Waals surface area contributed by atoms with Crippen molar-refractivity contribution in [2.24, 2.45) is 0 Å². The number of hydrogen-bond donors (Lipinski definition) is 1. The zero-order chi connectivity index (χ0) is 25.5. The summed E-state index contributed by atoms with van der Waals surface area (Å²) in [5.74, 6) is 0.00963. The van der Waals surface area contributed by atoms with E-state index in [4.69, 9.17) is 9.47 Å². The summed E-state index contributed by atoms with van der Waals surface area (Å²) in [6.07, 6.45) is 1.07. The smallest absolute Gasteiger partial charge is 0.243 e. The van der Waals surface area contributed by atoms with Crippen LogP contribution in [-0.4, -0.2) is 83.6 Å². The van der Waals surface area contributed by atoms with E-state index in [9.17, 15) is 21.6 Å². The van der Waals surface area contributed by atoms with Gasteiger partial charge in [-0.3, -0.25) is 4.79 Å². The van der Waals surface area contributed by atoms with Crippen LogP contribution in [0.25, 0.3) is 0 Å². The summed E-state index contributed by atoms with van der Waals surface area (Å²) < 4.78 is 62.8. The lowest BCUT2D eigenvalue weighted by Gasteiger charge is -2.26. The van der Waals surface area contributed by atoms with E-state index in [1.807, 2.05) is 31.2 Å². The van der Waals surface area contributed by atoms with Gasteiger partial charge in [-0.05, 0) is 36.8 Å². The summed E-state index contributed by atoms with van der Waals surface area (Å²) in [4.78, 5) is 12.5. The predicted molar refractivity (Wildman–Crippen MR) is 131 cm³/mol. The van der Waals surface area contributed by atoms with Crippen molar-refractivity contribution in [1.82, 2.24) is 13.9 Å². The molecule has 1 N–H and O–H groups in total. The lowest BCUT2D eigenvalue weighted by molar-refractivity contribution is -0.121. The Morgan fingerprint density at radius 3 is 2.26 bits per heavy atom. The molecule has 0 aromatic heterocycles. The van der Waals surface area contributed by atoms with Gasteiger partial charge in [0.25, 0.3) is 0 Å². The van der Waals surface area contributed by atoms with Gasteiger partial charge >= 0.3 is 0 Å². The monoisotopic (exact) mass is 525 g/mol. The standard InChI is InChI=1S/C23H31N3O7S2/c1-19-3-5-20(6-4-19)17-26(34(2,28)29)18-23(27)24-11-14-33-21-7-9-22(10-8-21)35(30,31)25-12-15-32-16-13-25/h3-10H,11-18H2,1-2H3,(H,24,27). The molecule has 0 radical (unpaired) electrons. The van der Waals surface area contributed by atoms with Crippen molar-refractivity contribution >= 4 is 26.0 Å². The van der Waals surface area contributed by atoms with Gasteiger partial charge in [0.1, 0.15) is 12.4 Å². The van der Waals surface area contributed by atoms with Crippen molar-refractivity contribution < 1.29 is 31.1 Å². The maximum absolute atomic E-state index is 12.7. The first-order chi connectivity index (χ1) is 16.6. The van der Waals surface area contributed by atoms with Gasteiger partial charge in [0.2, 0.25) is 26.0 Å². The molecule has 12 heteroatoms. The van der Waals surface area contributed by atoms with Crippen LogP contribution in [0.1, 0.15) is 11.1 Å². The van der Waals surface area contributed by atoms with Crippen molar-refractivity contribution in [3.05, 3.63) is 59.7 Å². The normalized spacial score (nSPS) is 15.2. The fraction of sp³-hybridized carbons (Fsp3) is 0.435. The Hall–Kier alpha value is -2.51. The summed E-state index contributed by atoms with van der Waals surface area (Å²) in [5.41, 5.74) is 1.85. The van der Waals surface area contributed by atoms with Crippen LogP contribution in [-0.2, 0) is 36.1 Å². The lowest BCUT2D eigenvalue weighted by Crippen LogP contribution is -2.41. The molecule has 2 aromatic carbocycles. The highest BCUT2D eigenvalue weighted by Gasteiger charge is 2.26. The highest BCUT2D eigenvalue weighted by molar-refractivity contribution is 7.89. The molecule has 0 aliphatic carbocycles. The molecule has 35 heavy (non-hydrogen) atoms. The van der Waals surface area contributed by atoms with Gasteiger partial charge in [-0.15, -0.1) is 0 Å². The average Bonchev–Trinajstić information content (AvgIpc) is 2.83. The van der Waals surface area contributed by atoms with E-state index in [1.165, 1.54) is 16.4 Å². The molecule has 1 aliphatic rings. The molecule has 3 rings (SSSR count). The number of carbonyl (C=O) groups excluding carboxylic acids is 1. The van der Waals surface area contributed by atoms with Crippen molar-refractivity contribution in [3.8, 4) is 5.75 Å². The minimum absolute atomic E-state index is 0.0999. The summed E-state index contributed by atoms with van der Waals surface area (Å²) in [6.45, 7) is 3.43. The van der Waals surface area contributed by atoms with Crippen LogP contribution in [0.5, 0.6) is 5.75 Å². The highest BCUT2D eigenvalue weighted by Crippen LogP contribution is 2.20. The number of hydrogen-bond acceptors (Lipinski definition) is 7. The van der Waals surface area contributed by atoms with Crippen molar-refractivity contribution in [2.45, 2.75) is 18.4 Å². The molecule has 0 spiro atoms. The lowest BCUT2D eigenvalue weighted by atomic mass is 10.1. The summed E-state index contributed by atoms with van der Waals surface area (Å²) >= 11 is 0. The van der Waals surface area contributed by atoms with E-state index in [-0.39, 0.29) is 31.1 Å². The van der Waals surface area contributed by atoms with E-state index >= 15 is 0 Å². The van der Waals surface area contributed by atoms with Gasteiger partial charge in [-0.2, -0.15) is 8.61 Å². The van der Waals surface area contributed by atoms with Crippen LogP contribution in [0.2, 0.25) is 0 Å². The fourth-order valence-corrected chi connectivity index (χ4v) is 5.55. The molecular formula is C23H31N3O7S2. The molecular weight excluding hydrogens is 494 g/mol. The number of sulfonamides is 2. The van der Waals surface area contributed by atoms with Gasteiger partial charge in [0.15, 0.2) is 0 Å². The maximum atomic E-state index is 12.7. The molecule has 192 valence electrons. The quantitative estimate of drug-likeness (QED) is 0.434. The summed E-state index contributed by atoms with van der Waals surface area (Å²) in [6, 6.07) is 13.5. The van der Waals surface area contributed by atoms with E-state index < -0.39 is 26.0 Å². The van der Waals surface area contributed by atoms with E-state index in [0.717, 1.165) is 21.7 Å². The molecule has 0 saturated carbocycles. The third kappa shape index (κ3) is 8.00. The second-order valence-corrected chi connectivity index (χ2v) is 12.1. The third-order valence-electron chi connectivity index (χ3n) is 5.39. The number of nitrogens with zero attached hydrogens (tertiary/aromatic N) is 2. The Labute approximate surface area is 206 Å². The number of ether oxygens (including phenoxy) is 2. The summed E-state index contributed by atoms with van der Waals surface area (Å²) in [7, 11) is -7.16. The molecule has 0 bridgehead atoms. The van der Waals surface area contributed by atoms with Gasteiger partial charge in [0, 0.05) is 19.6 Å². The first kappa shape index (κ1) is 27.1. The number of carbonyl (C=O) groups is 1. The fourth-order valence-electron chi connectivity index (χ4n) is 3.41. The zero-order valence-corrected chi connectivity index (χ0v) is 21.5. The summed E-state index contributed by atoms with van der Waals surface area (Å²) in [5, 5.41) is 2.64. The highest BCUT2D eigenvalue weighted by atomic mass is 32.2. The first-order valence-electron chi connectivity index (χ1n) is 11.1. The van der Waals surface area contributed by atoms with Gasteiger partial charge < -0.3 is 14.8 Å². The van der Waals surface area contributed by atoms with E-state index in [0.29, 0.717) is 32.1 Å². The minimum Gasteiger partial charge on any atom is -0.492 e. The second-order valence-electron chi connectivity index (χ2n) is 8.20. The molecule has 2 aromatic rings. The average molecular weight is 526 g/mol. The Kier molecular flexibility index (Phi) is 9.25. The van der Waals surface area contributed by atoms with Gasteiger partial charge in [0.05, 0.1) is 37.5 Å². The molecule has 1 heterocycles. The van der Waals surface area contributed by atoms with Crippen LogP contribution in [0.3, 0.4) is 0 Å². The van der Waals surface area contributed by atoms with Crippen molar-refractivity contribution in [1.29, 1.82) is 0 Å². The molecule has 1 saturated heterocycles. The van der Waals surface area contributed by atoms with Gasteiger partial charge in [-0.1, -0.05) is 29.8 Å². The van der Waals surface area contributed by atoms with E-state index in [1.54, 1.807) is 12.1 Å². The maximum Gasteiger partial charge on any atom is 0.243 e. The molecule has 10 nitrogen and oxygen atoms in total. The number of aryl methyl sites for hydroxylation is 1. The number of rotatable bonds is 11. The Morgan fingerprint density at radius 1 is 1.03 bits per heavy atom. The Balaban J connectivity index is 1.46. The molecule has 1 aliphatic heterocycles. The molecule has 1 fully saturated rings. The number of nitrogens with one attached hydrogen (secondary N) is 1. The van der Waals surface area contributed by atoms with Crippen LogP contribution < -0.4 is 10.1 Å². The molecule has 0 atom stereocenters. The number of morpholine rings is 1. The Bertz CT molecular complexity index is 1190. The van der Waals surface area contributed by atoms with Crippen molar-refractivity contribution in [2.75, 3.05) is 52.3 Å².